The molecule has 0 heterocycles. The van der Waals surface area contributed by atoms with Crippen LogP contribution in [0.25, 0.3) is 0 Å². The van der Waals surface area contributed by atoms with E-state index in [2.05, 4.69) is 5.32 Å². The van der Waals surface area contributed by atoms with Gasteiger partial charge in [-0.25, -0.2) is 0 Å². The lowest BCUT2D eigenvalue weighted by Gasteiger charge is -2.25. The van der Waals surface area contributed by atoms with Crippen LogP contribution in [0.2, 0.25) is 0 Å². The maximum absolute atomic E-state index is 11.4. The number of carbonyl (C=O) groups excluding carboxylic acids is 1. The van der Waals surface area contributed by atoms with Crippen LogP contribution in [0.5, 0.6) is 0 Å². The van der Waals surface area contributed by atoms with Gasteiger partial charge in [0.15, 0.2) is 0 Å². The number of hydrogen-bond donors (Lipinski definition) is 2. The SMILES string of the molecule is CNC(=O)C1CC=C(C)CC1C(=O)O. The third kappa shape index (κ3) is 2.13. The van der Waals surface area contributed by atoms with Crippen LogP contribution >= 0.6 is 0 Å². The van der Waals surface area contributed by atoms with Gasteiger partial charge in [-0.1, -0.05) is 11.6 Å². The first-order chi connectivity index (χ1) is 6.56. The van der Waals surface area contributed by atoms with E-state index in [0.29, 0.717) is 12.8 Å². The van der Waals surface area contributed by atoms with Crippen molar-refractivity contribution in [3.05, 3.63) is 11.6 Å². The lowest BCUT2D eigenvalue weighted by Crippen LogP contribution is -2.37. The summed E-state index contributed by atoms with van der Waals surface area (Å²) in [5.41, 5.74) is 1.05. The highest BCUT2D eigenvalue weighted by Gasteiger charge is 2.34. The van der Waals surface area contributed by atoms with Crippen molar-refractivity contribution in [2.75, 3.05) is 7.05 Å². The van der Waals surface area contributed by atoms with Gasteiger partial charge in [-0.05, 0) is 19.8 Å². The fourth-order valence-corrected chi connectivity index (χ4v) is 1.80. The summed E-state index contributed by atoms with van der Waals surface area (Å²) in [5, 5.41) is 11.5. The van der Waals surface area contributed by atoms with Crippen LogP contribution in [0.1, 0.15) is 19.8 Å². The van der Waals surface area contributed by atoms with Crippen LogP contribution in [-0.2, 0) is 9.59 Å². The first kappa shape index (κ1) is 10.8. The summed E-state index contributed by atoms with van der Waals surface area (Å²) in [6.07, 6.45) is 2.95. The lowest BCUT2D eigenvalue weighted by atomic mass is 9.79. The second-order valence-corrected chi connectivity index (χ2v) is 3.66. The monoisotopic (exact) mass is 197 g/mol. The average Bonchev–Trinajstić information content (AvgIpc) is 2.16. The molecule has 0 aromatic rings. The quantitative estimate of drug-likeness (QED) is 0.643. The van der Waals surface area contributed by atoms with Crippen molar-refractivity contribution in [2.45, 2.75) is 19.8 Å². The third-order valence-electron chi connectivity index (χ3n) is 2.65. The number of carboxylic acids is 1. The number of aliphatic carboxylic acids is 1. The van der Waals surface area contributed by atoms with Gasteiger partial charge in [0.25, 0.3) is 0 Å². The Kier molecular flexibility index (Phi) is 3.28. The Hall–Kier alpha value is -1.32. The predicted octanol–water partition coefficient (Wildman–Crippen LogP) is 0.790. The van der Waals surface area contributed by atoms with Crippen LogP contribution in [0.4, 0.5) is 0 Å². The van der Waals surface area contributed by atoms with Crippen molar-refractivity contribution in [3.63, 3.8) is 0 Å². The van der Waals surface area contributed by atoms with E-state index in [1.807, 2.05) is 13.0 Å². The number of allylic oxidation sites excluding steroid dienone is 2. The van der Waals surface area contributed by atoms with Crippen molar-refractivity contribution in [3.8, 4) is 0 Å². The van der Waals surface area contributed by atoms with E-state index in [4.69, 9.17) is 5.11 Å². The molecule has 0 radical (unpaired) electrons. The topological polar surface area (TPSA) is 66.4 Å². The van der Waals surface area contributed by atoms with Gasteiger partial charge in [-0.15, -0.1) is 0 Å². The molecule has 1 rings (SSSR count). The molecule has 4 heteroatoms. The lowest BCUT2D eigenvalue weighted by molar-refractivity contribution is -0.147. The van der Waals surface area contributed by atoms with Crippen LogP contribution in [0, 0.1) is 11.8 Å². The Bertz CT molecular complexity index is 283. The van der Waals surface area contributed by atoms with Gasteiger partial charge in [0.05, 0.1) is 11.8 Å². The summed E-state index contributed by atoms with van der Waals surface area (Å²) in [5.74, 6) is -2.05. The smallest absolute Gasteiger partial charge is 0.307 e. The minimum absolute atomic E-state index is 0.179. The first-order valence-corrected chi connectivity index (χ1v) is 4.66. The van der Waals surface area contributed by atoms with Gasteiger partial charge in [-0.2, -0.15) is 0 Å². The number of hydrogen-bond acceptors (Lipinski definition) is 2. The zero-order chi connectivity index (χ0) is 10.7. The summed E-state index contributed by atoms with van der Waals surface area (Å²) in [6, 6.07) is 0. The van der Waals surface area contributed by atoms with E-state index >= 15 is 0 Å². The van der Waals surface area contributed by atoms with Crippen LogP contribution in [-0.4, -0.2) is 24.0 Å². The van der Waals surface area contributed by atoms with Gasteiger partial charge in [-0.3, -0.25) is 9.59 Å². The normalized spacial score (nSPS) is 26.6. The molecular formula is C10H15NO3. The zero-order valence-electron chi connectivity index (χ0n) is 8.41. The molecule has 0 aromatic heterocycles. The van der Waals surface area contributed by atoms with Crippen LogP contribution in [0.15, 0.2) is 11.6 Å². The predicted molar refractivity (Wildman–Crippen MR) is 51.7 cm³/mol. The molecular weight excluding hydrogens is 182 g/mol. The number of rotatable bonds is 2. The third-order valence-corrected chi connectivity index (χ3v) is 2.65. The van der Waals surface area contributed by atoms with E-state index in [9.17, 15) is 9.59 Å². The number of carbonyl (C=O) groups is 2. The van der Waals surface area contributed by atoms with Crippen molar-refractivity contribution in [2.24, 2.45) is 11.8 Å². The van der Waals surface area contributed by atoms with E-state index in [1.54, 1.807) is 0 Å². The Morgan fingerprint density at radius 1 is 1.50 bits per heavy atom. The van der Waals surface area contributed by atoms with Crippen molar-refractivity contribution in [1.29, 1.82) is 0 Å². The molecule has 0 spiro atoms. The molecule has 4 nitrogen and oxygen atoms in total. The molecule has 0 fully saturated rings. The molecule has 0 aromatic carbocycles. The molecule has 2 unspecified atom stereocenters. The van der Waals surface area contributed by atoms with Gasteiger partial charge in [0.1, 0.15) is 0 Å². The Labute approximate surface area is 83.0 Å². The van der Waals surface area contributed by atoms with Gasteiger partial charge in [0.2, 0.25) is 5.91 Å². The molecule has 0 aliphatic heterocycles. The van der Waals surface area contributed by atoms with E-state index < -0.39 is 17.8 Å². The first-order valence-electron chi connectivity index (χ1n) is 4.66. The molecule has 0 bridgehead atoms. The second kappa shape index (κ2) is 4.26. The van der Waals surface area contributed by atoms with E-state index in [-0.39, 0.29) is 5.91 Å². The Morgan fingerprint density at radius 2 is 2.14 bits per heavy atom. The molecule has 2 N–H and O–H groups in total. The minimum Gasteiger partial charge on any atom is -0.481 e. The van der Waals surface area contributed by atoms with Gasteiger partial charge in [0, 0.05) is 7.05 Å². The highest BCUT2D eigenvalue weighted by Crippen LogP contribution is 2.29. The summed E-state index contributed by atoms with van der Waals surface area (Å²) in [6.45, 7) is 1.90. The number of amides is 1. The van der Waals surface area contributed by atoms with Crippen molar-refractivity contribution in [1.82, 2.24) is 5.32 Å². The Morgan fingerprint density at radius 3 is 2.64 bits per heavy atom. The molecule has 78 valence electrons. The maximum atomic E-state index is 11.4. The second-order valence-electron chi connectivity index (χ2n) is 3.66. The standard InChI is InChI=1S/C10H15NO3/c1-6-3-4-7(9(12)11-2)8(5-6)10(13)14/h3,7-8H,4-5H2,1-2H3,(H,11,12)(H,13,14). The number of nitrogens with one attached hydrogen (secondary N) is 1. The molecule has 14 heavy (non-hydrogen) atoms. The minimum atomic E-state index is -0.883. The summed E-state index contributed by atoms with van der Waals surface area (Å²) in [7, 11) is 1.53. The van der Waals surface area contributed by atoms with Crippen LogP contribution in [0.3, 0.4) is 0 Å². The maximum Gasteiger partial charge on any atom is 0.307 e. The zero-order valence-corrected chi connectivity index (χ0v) is 8.41. The molecule has 2 atom stereocenters. The summed E-state index contributed by atoms with van der Waals surface area (Å²) in [4.78, 5) is 22.3. The fraction of sp³-hybridized carbons (Fsp3) is 0.600. The highest BCUT2D eigenvalue weighted by atomic mass is 16.4. The molecule has 0 saturated heterocycles. The van der Waals surface area contributed by atoms with Gasteiger partial charge >= 0.3 is 5.97 Å². The Balaban J connectivity index is 2.82. The molecule has 0 saturated carbocycles. The molecule has 1 aliphatic carbocycles. The molecule has 1 aliphatic rings. The van der Waals surface area contributed by atoms with E-state index in [0.717, 1.165) is 5.57 Å². The largest absolute Gasteiger partial charge is 0.481 e. The average molecular weight is 197 g/mol. The van der Waals surface area contributed by atoms with Gasteiger partial charge < -0.3 is 10.4 Å². The van der Waals surface area contributed by atoms with Crippen molar-refractivity contribution >= 4 is 11.9 Å². The molecule has 1 amide bonds. The van der Waals surface area contributed by atoms with Crippen molar-refractivity contribution < 1.29 is 14.7 Å². The van der Waals surface area contributed by atoms with E-state index in [1.165, 1.54) is 7.05 Å². The number of carboxylic acid groups (broad SMARTS) is 1. The highest BCUT2D eigenvalue weighted by molar-refractivity contribution is 5.85. The summed E-state index contributed by atoms with van der Waals surface area (Å²) >= 11 is 0. The summed E-state index contributed by atoms with van der Waals surface area (Å²) < 4.78 is 0. The fourth-order valence-electron chi connectivity index (χ4n) is 1.80. The van der Waals surface area contributed by atoms with Crippen LogP contribution < -0.4 is 5.32 Å².